The number of pyridine rings is 1. The second kappa shape index (κ2) is 12.6. The van der Waals surface area contributed by atoms with Gasteiger partial charge in [0, 0.05) is 37.4 Å². The Balaban J connectivity index is 1.49. The number of ether oxygens (including phenoxy) is 3. The summed E-state index contributed by atoms with van der Waals surface area (Å²) in [5.41, 5.74) is 2.72. The van der Waals surface area contributed by atoms with E-state index in [0.717, 1.165) is 55.2 Å². The molecule has 7 nitrogen and oxygen atoms in total. The third-order valence-electron chi connectivity index (χ3n) is 6.61. The number of aromatic nitrogens is 1. The molecule has 0 radical (unpaired) electrons. The number of anilines is 1. The zero-order chi connectivity index (χ0) is 26.2. The lowest BCUT2D eigenvalue weighted by atomic mass is 10.1. The lowest BCUT2D eigenvalue weighted by molar-refractivity contribution is 0.0378. The Morgan fingerprint density at radius 1 is 1.11 bits per heavy atom. The highest BCUT2D eigenvalue weighted by atomic mass is 16.5. The molecule has 1 unspecified atom stereocenters. The van der Waals surface area contributed by atoms with Gasteiger partial charge in [-0.1, -0.05) is 49.4 Å². The summed E-state index contributed by atoms with van der Waals surface area (Å²) in [6.45, 7) is 9.61. The summed E-state index contributed by atoms with van der Waals surface area (Å²) in [5.74, 6) is 1.88. The predicted octanol–water partition coefficient (Wildman–Crippen LogP) is 5.34. The van der Waals surface area contributed by atoms with Crippen molar-refractivity contribution >= 4 is 11.8 Å². The first-order valence-corrected chi connectivity index (χ1v) is 13.0. The van der Waals surface area contributed by atoms with E-state index in [1.165, 1.54) is 0 Å². The molecular formula is C30H37N3O4. The number of benzene rings is 2. The quantitative estimate of drug-likeness (QED) is 0.328. The molecule has 1 aromatic heterocycles. The standard InChI is InChI=1S/C30H37N3O4/c1-5-32(19-24-13-9-15-27(35-4)28(24)36-21-23-11-7-6-8-12-23)25-16-18-33(20-25)29-26(14-10-17-31-29)30(34)37-22(2)3/h6-15,17,22,25H,5,16,18-21H2,1-4H3. The molecule has 1 saturated heterocycles. The molecule has 2 heterocycles. The van der Waals surface area contributed by atoms with Gasteiger partial charge >= 0.3 is 5.97 Å². The van der Waals surface area contributed by atoms with Crippen LogP contribution in [0.3, 0.4) is 0 Å². The Morgan fingerprint density at radius 3 is 2.65 bits per heavy atom. The summed E-state index contributed by atoms with van der Waals surface area (Å²) in [4.78, 5) is 21.9. The molecule has 1 fully saturated rings. The van der Waals surface area contributed by atoms with Crippen LogP contribution in [0, 0.1) is 0 Å². The smallest absolute Gasteiger partial charge is 0.342 e. The Bertz CT molecular complexity index is 1170. The van der Waals surface area contributed by atoms with Crippen molar-refractivity contribution < 1.29 is 19.0 Å². The molecule has 196 valence electrons. The van der Waals surface area contributed by atoms with Gasteiger partial charge in [-0.2, -0.15) is 0 Å². The minimum atomic E-state index is -0.328. The molecule has 0 aliphatic carbocycles. The number of likely N-dealkylation sites (N-methyl/N-ethyl adjacent to an activating group) is 1. The molecule has 0 N–H and O–H groups in total. The Hall–Kier alpha value is -3.58. The largest absolute Gasteiger partial charge is 0.493 e. The highest BCUT2D eigenvalue weighted by Crippen LogP contribution is 2.34. The minimum Gasteiger partial charge on any atom is -0.493 e. The summed E-state index contributed by atoms with van der Waals surface area (Å²) in [6.07, 6.45) is 2.54. The highest BCUT2D eigenvalue weighted by molar-refractivity contribution is 5.95. The van der Waals surface area contributed by atoms with Crippen molar-refractivity contribution in [2.24, 2.45) is 0 Å². The van der Waals surface area contributed by atoms with Crippen molar-refractivity contribution in [1.29, 1.82) is 0 Å². The maximum Gasteiger partial charge on any atom is 0.342 e. The number of methoxy groups -OCH3 is 1. The zero-order valence-corrected chi connectivity index (χ0v) is 22.2. The van der Waals surface area contributed by atoms with Crippen LogP contribution in [-0.4, -0.2) is 54.7 Å². The van der Waals surface area contributed by atoms with Crippen molar-refractivity contribution in [2.45, 2.75) is 52.5 Å². The van der Waals surface area contributed by atoms with Crippen LogP contribution < -0.4 is 14.4 Å². The third-order valence-corrected chi connectivity index (χ3v) is 6.61. The van der Waals surface area contributed by atoms with Gasteiger partial charge in [0.25, 0.3) is 0 Å². The monoisotopic (exact) mass is 503 g/mol. The molecular weight excluding hydrogens is 466 g/mol. The molecule has 1 aliphatic heterocycles. The van der Waals surface area contributed by atoms with E-state index in [4.69, 9.17) is 14.2 Å². The SMILES string of the molecule is CCN(Cc1cccc(OC)c1OCc1ccccc1)C1CCN(c2ncccc2C(=O)OC(C)C)C1. The summed E-state index contributed by atoms with van der Waals surface area (Å²) >= 11 is 0. The van der Waals surface area contributed by atoms with E-state index < -0.39 is 0 Å². The minimum absolute atomic E-state index is 0.177. The zero-order valence-electron chi connectivity index (χ0n) is 22.2. The van der Waals surface area contributed by atoms with Crippen molar-refractivity contribution in [3.63, 3.8) is 0 Å². The van der Waals surface area contributed by atoms with E-state index in [2.05, 4.69) is 39.9 Å². The summed E-state index contributed by atoms with van der Waals surface area (Å²) in [7, 11) is 1.68. The summed E-state index contributed by atoms with van der Waals surface area (Å²) < 4.78 is 17.4. The van der Waals surface area contributed by atoms with Crippen molar-refractivity contribution in [3.05, 3.63) is 83.6 Å². The van der Waals surface area contributed by atoms with E-state index in [1.54, 1.807) is 25.4 Å². The maximum atomic E-state index is 12.7. The van der Waals surface area contributed by atoms with E-state index in [1.807, 2.05) is 44.2 Å². The molecule has 4 rings (SSSR count). The number of rotatable bonds is 11. The van der Waals surface area contributed by atoms with E-state index in [0.29, 0.717) is 24.0 Å². The molecule has 7 heteroatoms. The lowest BCUT2D eigenvalue weighted by Crippen LogP contribution is -2.37. The highest BCUT2D eigenvalue weighted by Gasteiger charge is 2.31. The van der Waals surface area contributed by atoms with E-state index >= 15 is 0 Å². The lowest BCUT2D eigenvalue weighted by Gasteiger charge is -2.29. The van der Waals surface area contributed by atoms with Crippen molar-refractivity contribution in [2.75, 3.05) is 31.6 Å². The van der Waals surface area contributed by atoms with Crippen LogP contribution >= 0.6 is 0 Å². The van der Waals surface area contributed by atoms with Gasteiger partial charge < -0.3 is 19.1 Å². The number of carbonyl (C=O) groups is 1. The number of hydrogen-bond acceptors (Lipinski definition) is 7. The second-order valence-electron chi connectivity index (χ2n) is 9.50. The van der Waals surface area contributed by atoms with Crippen LogP contribution in [0.4, 0.5) is 5.82 Å². The first kappa shape index (κ1) is 26.5. The molecule has 37 heavy (non-hydrogen) atoms. The maximum absolute atomic E-state index is 12.7. The van der Waals surface area contributed by atoms with Crippen molar-refractivity contribution in [1.82, 2.24) is 9.88 Å². The number of hydrogen-bond donors (Lipinski definition) is 0. The summed E-state index contributed by atoms with van der Waals surface area (Å²) in [5, 5.41) is 0. The number of para-hydroxylation sites is 1. The van der Waals surface area contributed by atoms with Gasteiger partial charge in [0.05, 0.1) is 13.2 Å². The van der Waals surface area contributed by atoms with Crippen LogP contribution in [0.1, 0.15) is 48.7 Å². The predicted molar refractivity (Wildman–Crippen MR) is 145 cm³/mol. The third kappa shape index (κ3) is 6.60. The van der Waals surface area contributed by atoms with E-state index in [9.17, 15) is 4.79 Å². The molecule has 0 bridgehead atoms. The molecule has 2 aromatic carbocycles. The number of carbonyl (C=O) groups excluding carboxylic acids is 1. The van der Waals surface area contributed by atoms with Crippen LogP contribution in [-0.2, 0) is 17.9 Å². The van der Waals surface area contributed by atoms with Gasteiger partial charge in [-0.05, 0) is 50.6 Å². The van der Waals surface area contributed by atoms with Gasteiger partial charge in [-0.3, -0.25) is 4.90 Å². The number of esters is 1. The second-order valence-corrected chi connectivity index (χ2v) is 9.50. The van der Waals surface area contributed by atoms with Gasteiger partial charge in [0.15, 0.2) is 11.5 Å². The van der Waals surface area contributed by atoms with Crippen LogP contribution in [0.5, 0.6) is 11.5 Å². The van der Waals surface area contributed by atoms with Gasteiger partial charge in [0.2, 0.25) is 0 Å². The van der Waals surface area contributed by atoms with Crippen molar-refractivity contribution in [3.8, 4) is 11.5 Å². The molecule has 3 aromatic rings. The molecule has 0 amide bonds. The number of nitrogens with zero attached hydrogens (tertiary/aromatic N) is 3. The fraction of sp³-hybridized carbons (Fsp3) is 0.400. The Morgan fingerprint density at radius 2 is 1.92 bits per heavy atom. The van der Waals surface area contributed by atoms with Gasteiger partial charge in [-0.25, -0.2) is 9.78 Å². The Kier molecular flexibility index (Phi) is 9.01. The topological polar surface area (TPSA) is 64.1 Å². The van der Waals surface area contributed by atoms with E-state index in [-0.39, 0.29) is 12.1 Å². The molecule has 1 atom stereocenters. The fourth-order valence-corrected chi connectivity index (χ4v) is 4.78. The molecule has 0 spiro atoms. The average molecular weight is 504 g/mol. The molecule has 1 aliphatic rings. The van der Waals surface area contributed by atoms with Crippen LogP contribution in [0.15, 0.2) is 66.9 Å². The van der Waals surface area contributed by atoms with Gasteiger partial charge in [-0.15, -0.1) is 0 Å². The average Bonchev–Trinajstić information content (AvgIpc) is 3.41. The normalized spacial score (nSPS) is 15.3. The Labute approximate surface area is 220 Å². The fourth-order valence-electron chi connectivity index (χ4n) is 4.78. The van der Waals surface area contributed by atoms with Gasteiger partial charge in [0.1, 0.15) is 18.0 Å². The first-order chi connectivity index (χ1) is 18.0. The first-order valence-electron chi connectivity index (χ1n) is 13.0. The van der Waals surface area contributed by atoms with Crippen LogP contribution in [0.2, 0.25) is 0 Å². The van der Waals surface area contributed by atoms with Crippen LogP contribution in [0.25, 0.3) is 0 Å². The molecule has 0 saturated carbocycles. The summed E-state index contributed by atoms with van der Waals surface area (Å²) in [6, 6.07) is 20.1.